The van der Waals surface area contributed by atoms with Crippen molar-refractivity contribution in [3.05, 3.63) is 23.8 Å². The van der Waals surface area contributed by atoms with Crippen molar-refractivity contribution >= 4 is 5.69 Å². The van der Waals surface area contributed by atoms with Gasteiger partial charge in [-0.05, 0) is 25.3 Å². The van der Waals surface area contributed by atoms with E-state index in [0.29, 0.717) is 0 Å². The lowest BCUT2D eigenvalue weighted by atomic mass is 10.0. The Morgan fingerprint density at radius 1 is 1.33 bits per heavy atom. The first kappa shape index (κ1) is 13.2. The van der Waals surface area contributed by atoms with Crippen LogP contribution < -0.4 is 15.4 Å². The summed E-state index contributed by atoms with van der Waals surface area (Å²) in [5, 5.41) is 9.14. The molecule has 2 rings (SSSR count). The predicted molar refractivity (Wildman–Crippen MR) is 73.1 cm³/mol. The molecule has 1 saturated heterocycles. The summed E-state index contributed by atoms with van der Waals surface area (Å²) in [6, 6.07) is 5.67. The van der Waals surface area contributed by atoms with Crippen LogP contribution in [0.5, 0.6) is 5.75 Å². The molecule has 0 saturated carbocycles. The SMILES string of the molecule is COc1cc(N2CCCCC2)ccc1[C@H](N)CO. The van der Waals surface area contributed by atoms with Crippen LogP contribution in [0.2, 0.25) is 0 Å². The summed E-state index contributed by atoms with van der Waals surface area (Å²) >= 11 is 0. The number of aliphatic hydroxyl groups is 1. The smallest absolute Gasteiger partial charge is 0.125 e. The van der Waals surface area contributed by atoms with Crippen LogP contribution in [-0.2, 0) is 0 Å². The number of benzene rings is 1. The number of hydrogen-bond acceptors (Lipinski definition) is 4. The first-order valence-electron chi connectivity index (χ1n) is 6.55. The third-order valence-corrected chi connectivity index (χ3v) is 3.53. The number of ether oxygens (including phenoxy) is 1. The lowest BCUT2D eigenvalue weighted by molar-refractivity contribution is 0.264. The highest BCUT2D eigenvalue weighted by atomic mass is 16.5. The quantitative estimate of drug-likeness (QED) is 0.853. The van der Waals surface area contributed by atoms with Crippen LogP contribution in [0.1, 0.15) is 30.9 Å². The van der Waals surface area contributed by atoms with Gasteiger partial charge in [0.05, 0.1) is 19.8 Å². The van der Waals surface area contributed by atoms with Crippen LogP contribution in [0.4, 0.5) is 5.69 Å². The van der Waals surface area contributed by atoms with Gasteiger partial charge in [0.2, 0.25) is 0 Å². The minimum Gasteiger partial charge on any atom is -0.496 e. The second-order valence-corrected chi connectivity index (χ2v) is 4.76. The fourth-order valence-electron chi connectivity index (χ4n) is 2.45. The Balaban J connectivity index is 2.23. The molecule has 0 radical (unpaired) electrons. The first-order valence-corrected chi connectivity index (χ1v) is 6.55. The molecule has 0 amide bonds. The monoisotopic (exact) mass is 250 g/mol. The van der Waals surface area contributed by atoms with E-state index in [4.69, 9.17) is 15.6 Å². The largest absolute Gasteiger partial charge is 0.496 e. The molecule has 1 aliphatic heterocycles. The topological polar surface area (TPSA) is 58.7 Å². The van der Waals surface area contributed by atoms with Gasteiger partial charge >= 0.3 is 0 Å². The van der Waals surface area contributed by atoms with E-state index in [-0.39, 0.29) is 12.6 Å². The second kappa shape index (κ2) is 6.07. The highest BCUT2D eigenvalue weighted by Gasteiger charge is 2.15. The molecule has 100 valence electrons. The normalized spacial score (nSPS) is 17.6. The summed E-state index contributed by atoms with van der Waals surface area (Å²) in [6.07, 6.45) is 3.82. The van der Waals surface area contributed by atoms with Crippen molar-refractivity contribution in [2.24, 2.45) is 5.73 Å². The Morgan fingerprint density at radius 3 is 2.67 bits per heavy atom. The third kappa shape index (κ3) is 2.76. The second-order valence-electron chi connectivity index (χ2n) is 4.76. The zero-order valence-electron chi connectivity index (χ0n) is 10.9. The van der Waals surface area contributed by atoms with Gasteiger partial charge in [0.25, 0.3) is 0 Å². The molecule has 4 heteroatoms. The van der Waals surface area contributed by atoms with Crippen molar-refractivity contribution in [3.8, 4) is 5.75 Å². The minimum atomic E-state index is -0.379. The van der Waals surface area contributed by atoms with Crippen LogP contribution in [0.15, 0.2) is 18.2 Å². The Hall–Kier alpha value is -1.26. The number of aliphatic hydroxyl groups excluding tert-OH is 1. The Morgan fingerprint density at radius 2 is 2.06 bits per heavy atom. The van der Waals surface area contributed by atoms with E-state index >= 15 is 0 Å². The van der Waals surface area contributed by atoms with Crippen molar-refractivity contribution in [1.29, 1.82) is 0 Å². The third-order valence-electron chi connectivity index (χ3n) is 3.53. The summed E-state index contributed by atoms with van der Waals surface area (Å²) in [7, 11) is 1.64. The molecule has 1 fully saturated rings. The van der Waals surface area contributed by atoms with E-state index in [1.807, 2.05) is 12.1 Å². The summed E-state index contributed by atoms with van der Waals surface area (Å²) in [6.45, 7) is 2.14. The molecule has 4 nitrogen and oxygen atoms in total. The molecule has 0 unspecified atom stereocenters. The predicted octanol–water partition coefficient (Wildman–Crippen LogP) is 1.68. The molecule has 0 aromatic heterocycles. The zero-order valence-corrected chi connectivity index (χ0v) is 10.9. The molecule has 0 aliphatic carbocycles. The van der Waals surface area contributed by atoms with Crippen LogP contribution in [0, 0.1) is 0 Å². The highest BCUT2D eigenvalue weighted by molar-refractivity contribution is 5.54. The molecular formula is C14H22N2O2. The van der Waals surface area contributed by atoms with E-state index in [0.717, 1.165) is 24.4 Å². The van der Waals surface area contributed by atoms with E-state index in [2.05, 4.69) is 11.0 Å². The van der Waals surface area contributed by atoms with Gasteiger partial charge in [-0.2, -0.15) is 0 Å². The number of hydrogen-bond donors (Lipinski definition) is 2. The molecule has 0 spiro atoms. The van der Waals surface area contributed by atoms with Crippen LogP contribution in [-0.4, -0.2) is 31.9 Å². The zero-order chi connectivity index (χ0) is 13.0. The van der Waals surface area contributed by atoms with E-state index < -0.39 is 0 Å². The number of nitrogens with two attached hydrogens (primary N) is 1. The molecule has 1 aromatic rings. The minimum absolute atomic E-state index is 0.0700. The van der Waals surface area contributed by atoms with E-state index in [1.165, 1.54) is 24.9 Å². The maximum absolute atomic E-state index is 9.14. The van der Waals surface area contributed by atoms with Crippen molar-refractivity contribution in [3.63, 3.8) is 0 Å². The van der Waals surface area contributed by atoms with Crippen LogP contribution in [0.3, 0.4) is 0 Å². The summed E-state index contributed by atoms with van der Waals surface area (Å²) in [5.74, 6) is 0.764. The molecule has 1 atom stereocenters. The van der Waals surface area contributed by atoms with E-state index in [1.54, 1.807) is 7.11 Å². The van der Waals surface area contributed by atoms with Crippen LogP contribution in [0.25, 0.3) is 0 Å². The Kier molecular flexibility index (Phi) is 4.44. The average Bonchev–Trinajstić information content (AvgIpc) is 2.46. The maximum Gasteiger partial charge on any atom is 0.125 e. The first-order chi connectivity index (χ1) is 8.76. The van der Waals surface area contributed by atoms with Crippen molar-refractivity contribution in [2.75, 3.05) is 31.7 Å². The van der Waals surface area contributed by atoms with E-state index in [9.17, 15) is 0 Å². The maximum atomic E-state index is 9.14. The van der Waals surface area contributed by atoms with Crippen molar-refractivity contribution < 1.29 is 9.84 Å². The van der Waals surface area contributed by atoms with Gasteiger partial charge in [0, 0.05) is 30.4 Å². The molecule has 1 heterocycles. The van der Waals surface area contributed by atoms with Gasteiger partial charge in [0.1, 0.15) is 5.75 Å². The molecular weight excluding hydrogens is 228 g/mol. The Bertz CT molecular complexity index is 389. The van der Waals surface area contributed by atoms with Gasteiger partial charge in [0.15, 0.2) is 0 Å². The molecule has 1 aliphatic rings. The number of methoxy groups -OCH3 is 1. The standard InChI is InChI=1S/C14H22N2O2/c1-18-14-9-11(16-7-3-2-4-8-16)5-6-12(14)13(15)10-17/h5-6,9,13,17H,2-4,7-8,10,15H2,1H3/t13-/m1/s1. The van der Waals surface area contributed by atoms with Gasteiger partial charge in [-0.3, -0.25) is 0 Å². The fraction of sp³-hybridized carbons (Fsp3) is 0.571. The number of rotatable bonds is 4. The van der Waals surface area contributed by atoms with Gasteiger partial charge in [-0.1, -0.05) is 6.07 Å². The Labute approximate surface area is 108 Å². The summed E-state index contributed by atoms with van der Waals surface area (Å²) < 4.78 is 5.38. The summed E-state index contributed by atoms with van der Waals surface area (Å²) in [4.78, 5) is 2.38. The fourth-order valence-corrected chi connectivity index (χ4v) is 2.45. The van der Waals surface area contributed by atoms with Gasteiger partial charge in [-0.15, -0.1) is 0 Å². The lowest BCUT2D eigenvalue weighted by Gasteiger charge is -2.29. The molecule has 3 N–H and O–H groups in total. The van der Waals surface area contributed by atoms with Gasteiger partial charge < -0.3 is 20.5 Å². The molecule has 0 bridgehead atoms. The average molecular weight is 250 g/mol. The van der Waals surface area contributed by atoms with Crippen molar-refractivity contribution in [2.45, 2.75) is 25.3 Å². The van der Waals surface area contributed by atoms with Crippen LogP contribution >= 0.6 is 0 Å². The molecule has 18 heavy (non-hydrogen) atoms. The number of nitrogens with zero attached hydrogens (tertiary/aromatic N) is 1. The number of anilines is 1. The lowest BCUT2D eigenvalue weighted by Crippen LogP contribution is -2.29. The highest BCUT2D eigenvalue weighted by Crippen LogP contribution is 2.30. The molecule has 1 aromatic carbocycles. The van der Waals surface area contributed by atoms with Gasteiger partial charge in [-0.25, -0.2) is 0 Å². The number of piperidine rings is 1. The van der Waals surface area contributed by atoms with Crippen molar-refractivity contribution in [1.82, 2.24) is 0 Å². The summed E-state index contributed by atoms with van der Waals surface area (Å²) in [5.41, 5.74) is 7.90.